The number of halogens is 2. The van der Waals surface area contributed by atoms with Crippen molar-refractivity contribution in [2.24, 2.45) is 0 Å². The van der Waals surface area contributed by atoms with Crippen LogP contribution < -0.4 is 0 Å². The van der Waals surface area contributed by atoms with Crippen LogP contribution in [0.25, 0.3) is 22.3 Å². The number of esters is 6. The minimum atomic E-state index is -0.661. The van der Waals surface area contributed by atoms with E-state index in [1.165, 1.54) is 12.1 Å². The van der Waals surface area contributed by atoms with Crippen LogP contribution in [0.2, 0.25) is 0 Å². The highest BCUT2D eigenvalue weighted by Crippen LogP contribution is 2.32. The van der Waals surface area contributed by atoms with E-state index in [1.54, 1.807) is 48.5 Å². The van der Waals surface area contributed by atoms with Crippen molar-refractivity contribution < 1.29 is 75.4 Å². The molecule has 2 saturated heterocycles. The Balaban J connectivity index is 0.847. The number of fused-ring (bicyclic) bond motifs is 1. The van der Waals surface area contributed by atoms with E-state index in [-0.39, 0.29) is 65.3 Å². The monoisotopic (exact) mass is 994 g/mol. The molecule has 0 unspecified atom stereocenters. The van der Waals surface area contributed by atoms with Gasteiger partial charge in [-0.15, -0.1) is 0 Å². The van der Waals surface area contributed by atoms with Crippen LogP contribution in [0.5, 0.6) is 0 Å². The maximum Gasteiger partial charge on any atom is 0.330 e. The van der Waals surface area contributed by atoms with E-state index < -0.39 is 71.9 Å². The lowest BCUT2D eigenvalue weighted by molar-refractivity contribution is -0.155. The summed E-state index contributed by atoms with van der Waals surface area (Å²) in [6.07, 6.45) is 3.66. The summed E-state index contributed by atoms with van der Waals surface area (Å²) in [7, 11) is 0. The maximum atomic E-state index is 15.2. The second kappa shape index (κ2) is 28.1. The summed E-state index contributed by atoms with van der Waals surface area (Å²) in [5.74, 6) is -3.52. The van der Waals surface area contributed by atoms with Crippen molar-refractivity contribution in [2.75, 3.05) is 39.6 Å². The van der Waals surface area contributed by atoms with Gasteiger partial charge in [0.2, 0.25) is 0 Å². The summed E-state index contributed by atoms with van der Waals surface area (Å²) < 4.78 is 73.7. The lowest BCUT2D eigenvalue weighted by atomic mass is 9.99. The average molecular weight is 995 g/mol. The van der Waals surface area contributed by atoms with Crippen LogP contribution in [0, 0.1) is 11.6 Å². The van der Waals surface area contributed by atoms with Gasteiger partial charge in [-0.05, 0) is 96.9 Å². The number of carbonyl (C=O) groups is 6. The molecule has 0 aliphatic carbocycles. The lowest BCUT2D eigenvalue weighted by Crippen LogP contribution is -2.36. The first-order valence-electron chi connectivity index (χ1n) is 24.2. The van der Waals surface area contributed by atoms with E-state index in [4.69, 9.17) is 37.9 Å². The molecule has 6 rings (SSSR count). The van der Waals surface area contributed by atoms with Crippen molar-refractivity contribution in [3.63, 3.8) is 0 Å². The number of hydrogen-bond donors (Lipinski definition) is 0. The van der Waals surface area contributed by atoms with Gasteiger partial charge in [0.25, 0.3) is 0 Å². The Morgan fingerprint density at radius 3 is 1.17 bits per heavy atom. The number of benzene rings is 4. The summed E-state index contributed by atoms with van der Waals surface area (Å²) in [5.41, 5.74) is 5.15. The summed E-state index contributed by atoms with van der Waals surface area (Å²) >= 11 is 0. The van der Waals surface area contributed by atoms with Gasteiger partial charge in [0.05, 0.1) is 39.6 Å². The number of ether oxygens (including phenoxy) is 8. The Morgan fingerprint density at radius 1 is 0.472 bits per heavy atom. The third-order valence-corrected chi connectivity index (χ3v) is 12.0. The third kappa shape index (κ3) is 17.1. The van der Waals surface area contributed by atoms with Crippen LogP contribution in [0.1, 0.15) is 73.6 Å². The molecular weight excluding hydrogens is 935 g/mol. The van der Waals surface area contributed by atoms with Gasteiger partial charge >= 0.3 is 35.8 Å². The molecule has 382 valence electrons. The van der Waals surface area contributed by atoms with Crippen molar-refractivity contribution in [3.8, 4) is 22.3 Å². The van der Waals surface area contributed by atoms with Crippen LogP contribution in [0.3, 0.4) is 0 Å². The minimum Gasteiger partial charge on any atom is -0.466 e. The molecule has 16 heteroatoms. The van der Waals surface area contributed by atoms with E-state index in [1.807, 2.05) is 24.3 Å². The van der Waals surface area contributed by atoms with Gasteiger partial charge in [-0.1, -0.05) is 86.0 Å². The molecule has 4 atom stereocenters. The zero-order valence-electron chi connectivity index (χ0n) is 40.2. The largest absolute Gasteiger partial charge is 0.466 e. The van der Waals surface area contributed by atoms with E-state index >= 15 is 8.78 Å². The first kappa shape index (κ1) is 54.3. The molecule has 2 heterocycles. The van der Waals surface area contributed by atoms with Crippen LogP contribution in [-0.2, 0) is 92.3 Å². The maximum absolute atomic E-state index is 15.2. The number of carbonyl (C=O) groups excluding carboxylic acids is 6. The number of unbranched alkanes of at least 4 members (excludes halogenated alkanes) is 2. The topological polar surface area (TPSA) is 176 Å². The van der Waals surface area contributed by atoms with Gasteiger partial charge in [-0.25, -0.2) is 18.4 Å². The standard InChI is InChI=1S/C56H60F2O14/c1-3-49(59)65-29-5-7-31-67-51(61)25-17-39-13-23-43(45(57)33-39)41-19-9-37(10-20-41)15-27-53(63)71-47-35-69-56-48(36-70-55(47)56)72-54(64)28-16-38-11-21-42(22-12-38)44-24-14-40(34-46(44)58)18-26-52(62)68-32-8-6-30-66-50(60)4-2/h3-4,9-14,19-24,33-34,47-48,55-56H,1-2,5-8,15-18,25-32,35-36H2/t47-,48+,55-,56-/m1/s1. The van der Waals surface area contributed by atoms with E-state index in [0.29, 0.717) is 84.7 Å². The molecule has 4 aromatic carbocycles. The summed E-state index contributed by atoms with van der Waals surface area (Å²) in [4.78, 5) is 72.2. The first-order valence-corrected chi connectivity index (χ1v) is 24.2. The van der Waals surface area contributed by atoms with Crippen molar-refractivity contribution >= 4 is 35.8 Å². The van der Waals surface area contributed by atoms with Gasteiger partial charge in [-0.2, -0.15) is 0 Å². The van der Waals surface area contributed by atoms with E-state index in [9.17, 15) is 28.8 Å². The van der Waals surface area contributed by atoms with Crippen molar-refractivity contribution in [2.45, 2.75) is 101 Å². The minimum absolute atomic E-state index is 0.0901. The molecule has 0 radical (unpaired) electrons. The van der Waals surface area contributed by atoms with E-state index in [0.717, 1.165) is 23.3 Å². The Labute approximate surface area is 417 Å². The smallest absolute Gasteiger partial charge is 0.330 e. The quantitative estimate of drug-likeness (QED) is 0.0229. The molecule has 72 heavy (non-hydrogen) atoms. The molecule has 14 nitrogen and oxygen atoms in total. The highest BCUT2D eigenvalue weighted by molar-refractivity contribution is 5.81. The van der Waals surface area contributed by atoms with Gasteiger partial charge in [-0.3, -0.25) is 19.2 Å². The van der Waals surface area contributed by atoms with Crippen molar-refractivity contribution in [1.29, 1.82) is 0 Å². The molecule has 0 aromatic heterocycles. The molecule has 4 aromatic rings. The highest BCUT2D eigenvalue weighted by atomic mass is 19.1. The van der Waals surface area contributed by atoms with Crippen LogP contribution in [0.4, 0.5) is 8.78 Å². The highest BCUT2D eigenvalue weighted by Gasteiger charge is 2.51. The lowest BCUT2D eigenvalue weighted by Gasteiger charge is -2.17. The van der Waals surface area contributed by atoms with Crippen molar-refractivity contribution in [1.82, 2.24) is 0 Å². The van der Waals surface area contributed by atoms with Gasteiger partial charge in [0.1, 0.15) is 23.8 Å². The second-order valence-electron chi connectivity index (χ2n) is 17.3. The predicted molar refractivity (Wildman–Crippen MR) is 259 cm³/mol. The van der Waals surface area contributed by atoms with Gasteiger partial charge < -0.3 is 37.9 Å². The molecule has 2 aliphatic heterocycles. The normalized spacial score (nSPS) is 16.8. The molecule has 0 amide bonds. The molecule has 2 fully saturated rings. The van der Waals surface area contributed by atoms with Crippen LogP contribution in [-0.4, -0.2) is 99.9 Å². The Kier molecular flexibility index (Phi) is 21.2. The molecular formula is C56H60F2O14. The van der Waals surface area contributed by atoms with E-state index in [2.05, 4.69) is 13.2 Å². The number of aryl methyl sites for hydroxylation is 4. The molecule has 2 aliphatic rings. The first-order chi connectivity index (χ1) is 34.9. The average Bonchev–Trinajstić information content (AvgIpc) is 3.98. The zero-order valence-corrected chi connectivity index (χ0v) is 40.2. The van der Waals surface area contributed by atoms with Crippen LogP contribution in [0.15, 0.2) is 110 Å². The van der Waals surface area contributed by atoms with Gasteiger partial charge in [0.15, 0.2) is 12.2 Å². The SMILES string of the molecule is C=CC(=O)OCCCCOC(=O)CCc1ccc(-c2ccc(CCC(=O)O[C@H]3CO[C@H]4[C@@H]3OC[C@H]4OC(=O)CCc3ccc(-c4ccc(CCC(=O)OCCCCOC(=O)C=C)cc4F)cc3)cc2)c(F)c1. The summed E-state index contributed by atoms with van der Waals surface area (Å²) in [6.45, 7) is 7.69. The van der Waals surface area contributed by atoms with Crippen LogP contribution >= 0.6 is 0 Å². The zero-order chi connectivity index (χ0) is 51.2. The number of hydrogen-bond acceptors (Lipinski definition) is 14. The fraction of sp³-hybridized carbons (Fsp3) is 0.393. The molecule has 0 saturated carbocycles. The Morgan fingerprint density at radius 2 is 0.806 bits per heavy atom. The fourth-order valence-corrected chi connectivity index (χ4v) is 8.06. The Bertz CT molecular complexity index is 2330. The van der Waals surface area contributed by atoms with Gasteiger partial charge in [0, 0.05) is 49.0 Å². The molecule has 0 spiro atoms. The molecule has 0 N–H and O–H groups in total. The second-order valence-corrected chi connectivity index (χ2v) is 17.3. The molecule has 0 bridgehead atoms. The summed E-state index contributed by atoms with van der Waals surface area (Å²) in [5, 5.41) is 0. The Hall–Kier alpha value is -7.04. The third-order valence-electron chi connectivity index (χ3n) is 12.0. The summed E-state index contributed by atoms with van der Waals surface area (Å²) in [6, 6.07) is 24.1. The number of rotatable bonds is 28. The fourth-order valence-electron chi connectivity index (χ4n) is 8.06. The predicted octanol–water partition coefficient (Wildman–Crippen LogP) is 8.46. The van der Waals surface area contributed by atoms with Crippen molar-refractivity contribution in [3.05, 3.63) is 144 Å².